The maximum absolute atomic E-state index is 9.75. The minimum absolute atomic E-state index is 0.0235. The van der Waals surface area contributed by atoms with Crippen molar-refractivity contribution in [1.29, 1.82) is 0 Å². The van der Waals surface area contributed by atoms with Gasteiger partial charge in [0.2, 0.25) is 0 Å². The summed E-state index contributed by atoms with van der Waals surface area (Å²) in [6, 6.07) is 11.1. The van der Waals surface area contributed by atoms with Gasteiger partial charge < -0.3 is 20.4 Å². The van der Waals surface area contributed by atoms with E-state index in [1.807, 2.05) is 13.0 Å². The molecule has 2 aromatic carbocycles. The monoisotopic (exact) mass is 340 g/mol. The van der Waals surface area contributed by atoms with Crippen LogP contribution in [0.2, 0.25) is 0 Å². The predicted octanol–water partition coefficient (Wildman–Crippen LogP) is 4.18. The van der Waals surface area contributed by atoms with Crippen molar-refractivity contribution >= 4 is 18.1 Å². The van der Waals surface area contributed by atoms with Gasteiger partial charge >= 0.3 is 5.97 Å². The van der Waals surface area contributed by atoms with E-state index in [4.69, 9.17) is 10.2 Å². The van der Waals surface area contributed by atoms with Crippen LogP contribution in [0.25, 0.3) is 12.2 Å². The molecule has 0 aliphatic carbocycles. The summed E-state index contributed by atoms with van der Waals surface area (Å²) in [5.74, 6) is -0.647. The van der Waals surface area contributed by atoms with Crippen LogP contribution < -0.4 is 0 Å². The molecule has 0 aliphatic heterocycles. The van der Waals surface area contributed by atoms with E-state index in [9.17, 15) is 15.0 Å². The van der Waals surface area contributed by atoms with Crippen LogP contribution >= 0.6 is 0 Å². The molecule has 0 saturated carbocycles. The Morgan fingerprint density at radius 1 is 0.800 bits per heavy atom. The third kappa shape index (κ3) is 8.66. The largest absolute Gasteiger partial charge is 0.508 e. The lowest BCUT2D eigenvalue weighted by Gasteiger charge is -1.98. The van der Waals surface area contributed by atoms with Crippen LogP contribution in [0.5, 0.6) is 17.2 Å². The van der Waals surface area contributed by atoms with Crippen molar-refractivity contribution in [2.75, 3.05) is 0 Å². The summed E-state index contributed by atoms with van der Waals surface area (Å²) in [4.78, 5) is 9.75. The Labute approximate surface area is 146 Å². The number of benzene rings is 2. The van der Waals surface area contributed by atoms with Crippen molar-refractivity contribution in [3.05, 3.63) is 77.9 Å². The molecule has 0 radical (unpaired) electrons. The number of carboxylic acid groups (broad SMARTS) is 1. The lowest BCUT2D eigenvalue weighted by molar-refractivity contribution is -0.131. The summed E-state index contributed by atoms with van der Waals surface area (Å²) in [6.45, 7) is 1.83. The number of hydrogen-bond acceptors (Lipinski definition) is 4. The maximum Gasteiger partial charge on any atom is 0.328 e. The van der Waals surface area contributed by atoms with Gasteiger partial charge in [0.25, 0.3) is 0 Å². The van der Waals surface area contributed by atoms with Crippen molar-refractivity contribution in [1.82, 2.24) is 0 Å². The molecule has 0 atom stereocenters. The van der Waals surface area contributed by atoms with Crippen LogP contribution in [0.15, 0.2) is 66.8 Å². The minimum Gasteiger partial charge on any atom is -0.508 e. The van der Waals surface area contributed by atoms with Crippen LogP contribution in [0.3, 0.4) is 0 Å². The van der Waals surface area contributed by atoms with Crippen LogP contribution in [0.1, 0.15) is 18.1 Å². The average Bonchev–Trinajstić information content (AvgIpc) is 2.54. The molecule has 25 heavy (non-hydrogen) atoms. The lowest BCUT2D eigenvalue weighted by Crippen LogP contribution is -1.83. The second-order valence-corrected chi connectivity index (χ2v) is 4.93. The van der Waals surface area contributed by atoms with Gasteiger partial charge in [0, 0.05) is 12.1 Å². The van der Waals surface area contributed by atoms with Crippen LogP contribution in [0, 0.1) is 0 Å². The number of aromatic hydroxyl groups is 3. The van der Waals surface area contributed by atoms with E-state index in [1.165, 1.54) is 12.1 Å². The van der Waals surface area contributed by atoms with E-state index in [0.29, 0.717) is 5.56 Å². The third-order valence-corrected chi connectivity index (χ3v) is 2.83. The molecular formula is C20H20O5. The van der Waals surface area contributed by atoms with Crippen LogP contribution in [-0.4, -0.2) is 26.4 Å². The molecule has 0 amide bonds. The number of carbonyl (C=O) groups is 1. The van der Waals surface area contributed by atoms with E-state index >= 15 is 0 Å². The first-order valence-corrected chi connectivity index (χ1v) is 7.43. The fraction of sp³-hybridized carbons (Fsp3) is 0.0500. The van der Waals surface area contributed by atoms with Crippen LogP contribution in [0.4, 0.5) is 0 Å². The van der Waals surface area contributed by atoms with Crippen molar-refractivity contribution < 1.29 is 25.2 Å². The molecule has 4 N–H and O–H groups in total. The summed E-state index contributed by atoms with van der Waals surface area (Å²) in [7, 11) is 0. The van der Waals surface area contributed by atoms with E-state index in [-0.39, 0.29) is 17.2 Å². The fourth-order valence-corrected chi connectivity index (χ4v) is 1.74. The Balaban J connectivity index is 0.000000333. The quantitative estimate of drug-likeness (QED) is 0.380. The molecule has 0 saturated heterocycles. The predicted molar refractivity (Wildman–Crippen MR) is 98.4 cm³/mol. The molecule has 5 nitrogen and oxygen atoms in total. The normalized spacial score (nSPS) is 10.9. The first-order valence-electron chi connectivity index (χ1n) is 7.43. The molecule has 0 bridgehead atoms. The van der Waals surface area contributed by atoms with E-state index in [1.54, 1.807) is 54.6 Å². The summed E-state index contributed by atoms with van der Waals surface area (Å²) in [5.41, 5.74) is 1.63. The molecular weight excluding hydrogens is 320 g/mol. The number of rotatable bonds is 4. The zero-order chi connectivity index (χ0) is 18.7. The van der Waals surface area contributed by atoms with E-state index in [2.05, 4.69) is 0 Å². The standard InChI is InChI=1S/C14H12O3.C6H8O2/c15-12-5-3-10(4-6-12)1-2-11-7-13(16)9-14(17)8-11;1-2-3-4-5-6(7)8/h1-9,15-17H;2-5H,1H3,(H,7,8)/b2-1+;3-2+,5-4+. The fourth-order valence-electron chi connectivity index (χ4n) is 1.74. The number of aliphatic carboxylic acids is 1. The number of carboxylic acids is 1. The number of hydrogen-bond donors (Lipinski definition) is 4. The van der Waals surface area contributed by atoms with Crippen molar-refractivity contribution in [3.8, 4) is 17.2 Å². The lowest BCUT2D eigenvalue weighted by atomic mass is 10.1. The molecule has 2 aromatic rings. The minimum atomic E-state index is -0.914. The highest BCUT2D eigenvalue weighted by Crippen LogP contribution is 2.22. The molecule has 2 rings (SSSR count). The molecule has 0 fully saturated rings. The van der Waals surface area contributed by atoms with Crippen molar-refractivity contribution in [2.45, 2.75) is 6.92 Å². The SMILES string of the molecule is C/C=C/C=C/C(=O)O.Oc1ccc(/C=C/c2cc(O)cc(O)c2)cc1. The Morgan fingerprint density at radius 3 is 1.88 bits per heavy atom. The zero-order valence-corrected chi connectivity index (χ0v) is 13.7. The Kier molecular flexibility index (Phi) is 8.09. The van der Waals surface area contributed by atoms with Gasteiger partial charge in [-0.1, -0.05) is 42.5 Å². The van der Waals surface area contributed by atoms with Gasteiger partial charge in [0.05, 0.1) is 0 Å². The van der Waals surface area contributed by atoms with E-state index in [0.717, 1.165) is 11.6 Å². The zero-order valence-electron chi connectivity index (χ0n) is 13.7. The van der Waals surface area contributed by atoms with E-state index < -0.39 is 5.97 Å². The third-order valence-electron chi connectivity index (χ3n) is 2.83. The van der Waals surface area contributed by atoms with Gasteiger partial charge in [-0.05, 0) is 42.3 Å². The van der Waals surface area contributed by atoms with Gasteiger partial charge in [-0.15, -0.1) is 0 Å². The van der Waals surface area contributed by atoms with Gasteiger partial charge in [-0.3, -0.25) is 0 Å². The molecule has 0 heterocycles. The second kappa shape index (κ2) is 10.3. The van der Waals surface area contributed by atoms with Gasteiger partial charge in [0.1, 0.15) is 17.2 Å². The summed E-state index contributed by atoms with van der Waals surface area (Å²) in [5, 5.41) is 35.7. The average molecular weight is 340 g/mol. The number of allylic oxidation sites excluding steroid dienone is 3. The summed E-state index contributed by atoms with van der Waals surface area (Å²) >= 11 is 0. The highest BCUT2D eigenvalue weighted by Gasteiger charge is 1.95. The molecule has 5 heteroatoms. The second-order valence-electron chi connectivity index (χ2n) is 4.93. The smallest absolute Gasteiger partial charge is 0.328 e. The number of phenols is 3. The molecule has 130 valence electrons. The molecule has 0 aromatic heterocycles. The first-order chi connectivity index (χ1) is 11.9. The highest BCUT2D eigenvalue weighted by atomic mass is 16.4. The van der Waals surface area contributed by atoms with Gasteiger partial charge in [-0.2, -0.15) is 0 Å². The highest BCUT2D eigenvalue weighted by molar-refractivity contribution is 5.80. The summed E-state index contributed by atoms with van der Waals surface area (Å²) in [6.07, 6.45) is 9.58. The summed E-state index contributed by atoms with van der Waals surface area (Å²) < 4.78 is 0. The molecule has 0 unspecified atom stereocenters. The van der Waals surface area contributed by atoms with Crippen molar-refractivity contribution in [3.63, 3.8) is 0 Å². The van der Waals surface area contributed by atoms with Crippen LogP contribution in [-0.2, 0) is 4.79 Å². The van der Waals surface area contributed by atoms with Gasteiger partial charge in [-0.25, -0.2) is 4.79 Å². The first kappa shape index (κ1) is 19.6. The Morgan fingerprint density at radius 2 is 1.36 bits per heavy atom. The maximum atomic E-state index is 9.75. The Hall–Kier alpha value is -3.47. The number of phenolic OH excluding ortho intramolecular Hbond substituents is 3. The van der Waals surface area contributed by atoms with Crippen molar-refractivity contribution in [2.24, 2.45) is 0 Å². The molecule has 0 spiro atoms. The molecule has 0 aliphatic rings. The Bertz CT molecular complexity index is 751. The topological polar surface area (TPSA) is 98.0 Å². The van der Waals surface area contributed by atoms with Gasteiger partial charge in [0.15, 0.2) is 0 Å².